The zero-order valence-corrected chi connectivity index (χ0v) is 18.3. The number of ether oxygens (including phenoxy) is 2. The van der Waals surface area contributed by atoms with Crippen molar-refractivity contribution in [1.82, 2.24) is 0 Å². The van der Waals surface area contributed by atoms with Crippen molar-refractivity contribution in [2.45, 2.75) is 65.3 Å². The second-order valence-corrected chi connectivity index (χ2v) is 7.47. The number of aliphatic hydroxyl groups is 1. The van der Waals surface area contributed by atoms with Gasteiger partial charge in [0.25, 0.3) is 0 Å². The first-order chi connectivity index (χ1) is 14.6. The molecule has 2 rings (SSSR count). The van der Waals surface area contributed by atoms with Gasteiger partial charge in [-0.3, -0.25) is 0 Å². The van der Waals surface area contributed by atoms with Crippen molar-refractivity contribution in [3.8, 4) is 0 Å². The van der Waals surface area contributed by atoms with Crippen molar-refractivity contribution in [2.75, 3.05) is 0 Å². The van der Waals surface area contributed by atoms with E-state index in [1.54, 1.807) is 6.08 Å². The molecule has 0 aromatic heterocycles. The van der Waals surface area contributed by atoms with Gasteiger partial charge in [0.15, 0.2) is 0 Å². The number of carbonyl (C=O) groups is 1. The molecule has 2 aromatic carbocycles. The molecule has 0 radical (unpaired) electrons. The maximum atomic E-state index is 13.1. The number of hydrogen-bond acceptors (Lipinski definition) is 4. The lowest BCUT2D eigenvalue weighted by Gasteiger charge is -2.29. The smallest absolute Gasteiger partial charge is 0.373 e. The van der Waals surface area contributed by atoms with Crippen molar-refractivity contribution in [1.29, 1.82) is 0 Å². The third-order valence-electron chi connectivity index (χ3n) is 5.21. The Bertz CT molecular complexity index is 770. The van der Waals surface area contributed by atoms with Crippen molar-refractivity contribution < 1.29 is 19.4 Å². The van der Waals surface area contributed by atoms with E-state index in [1.807, 2.05) is 74.5 Å². The van der Waals surface area contributed by atoms with Gasteiger partial charge < -0.3 is 14.6 Å². The van der Waals surface area contributed by atoms with E-state index in [2.05, 4.69) is 6.92 Å². The Morgan fingerprint density at radius 1 is 0.967 bits per heavy atom. The standard InChI is InChI=1S/C26H34O4/c1-4-13-22(23(27)5-2)24(6-3)30-26(28)25(18-20-14-9-7-10-15-20)29-19-21-16-11-8-12-17-21/h7-12,14-18,22-24,27H,4-6,13,19H2,1-3H3/t22?,23-,24+/m0/s1. The average Bonchev–Trinajstić information content (AvgIpc) is 2.79. The number of esters is 1. The molecule has 0 aliphatic heterocycles. The molecule has 3 atom stereocenters. The molecule has 1 unspecified atom stereocenters. The van der Waals surface area contributed by atoms with Crippen LogP contribution in [0.2, 0.25) is 0 Å². The number of aliphatic hydroxyl groups excluding tert-OH is 1. The monoisotopic (exact) mass is 410 g/mol. The minimum atomic E-state index is -0.494. The quantitative estimate of drug-likeness (QED) is 0.275. The van der Waals surface area contributed by atoms with Gasteiger partial charge in [-0.15, -0.1) is 0 Å². The Morgan fingerprint density at radius 2 is 1.60 bits per heavy atom. The lowest BCUT2D eigenvalue weighted by Crippen LogP contribution is -2.35. The van der Waals surface area contributed by atoms with Gasteiger partial charge in [-0.25, -0.2) is 4.79 Å². The minimum Gasteiger partial charge on any atom is -0.482 e. The van der Waals surface area contributed by atoms with E-state index in [0.717, 1.165) is 24.0 Å². The van der Waals surface area contributed by atoms with E-state index in [-0.39, 0.29) is 24.4 Å². The van der Waals surface area contributed by atoms with E-state index in [4.69, 9.17) is 9.47 Å². The molecule has 1 N–H and O–H groups in total. The van der Waals surface area contributed by atoms with Gasteiger partial charge in [0.05, 0.1) is 6.10 Å². The summed E-state index contributed by atoms with van der Waals surface area (Å²) in [5.74, 6) is -0.406. The van der Waals surface area contributed by atoms with Gasteiger partial charge in [-0.2, -0.15) is 0 Å². The molecular formula is C26H34O4. The summed E-state index contributed by atoms with van der Waals surface area (Å²) in [5.41, 5.74) is 1.84. The van der Waals surface area contributed by atoms with E-state index >= 15 is 0 Å². The van der Waals surface area contributed by atoms with E-state index in [9.17, 15) is 9.90 Å². The summed E-state index contributed by atoms with van der Waals surface area (Å²) >= 11 is 0. The fourth-order valence-corrected chi connectivity index (χ4v) is 3.53. The average molecular weight is 411 g/mol. The van der Waals surface area contributed by atoms with Gasteiger partial charge in [0.1, 0.15) is 12.7 Å². The fourth-order valence-electron chi connectivity index (χ4n) is 3.53. The molecule has 0 heterocycles. The van der Waals surface area contributed by atoms with Gasteiger partial charge in [-0.1, -0.05) is 87.9 Å². The lowest BCUT2D eigenvalue weighted by molar-refractivity contribution is -0.154. The summed E-state index contributed by atoms with van der Waals surface area (Å²) < 4.78 is 11.8. The SMILES string of the molecule is CCCC([C@@H](O)CC)[C@@H](CC)OC(=O)C(=Cc1ccccc1)OCc1ccccc1. The van der Waals surface area contributed by atoms with Crippen LogP contribution in [0.3, 0.4) is 0 Å². The molecular weight excluding hydrogens is 376 g/mol. The predicted molar refractivity (Wildman–Crippen MR) is 121 cm³/mol. The number of carbonyl (C=O) groups excluding carboxylic acids is 1. The summed E-state index contributed by atoms with van der Waals surface area (Å²) in [7, 11) is 0. The first kappa shape index (κ1) is 23.7. The third kappa shape index (κ3) is 7.34. The maximum Gasteiger partial charge on any atom is 0.373 e. The number of benzene rings is 2. The molecule has 162 valence electrons. The van der Waals surface area contributed by atoms with Crippen molar-refractivity contribution >= 4 is 12.0 Å². The summed E-state index contributed by atoms with van der Waals surface area (Å²) in [6, 6.07) is 19.3. The van der Waals surface area contributed by atoms with Crippen molar-refractivity contribution in [3.05, 3.63) is 77.5 Å². The van der Waals surface area contributed by atoms with E-state index in [0.29, 0.717) is 12.8 Å². The zero-order chi connectivity index (χ0) is 21.8. The Balaban J connectivity index is 2.20. The molecule has 0 amide bonds. The largest absolute Gasteiger partial charge is 0.482 e. The minimum absolute atomic E-state index is 0.0824. The van der Waals surface area contributed by atoms with Crippen LogP contribution >= 0.6 is 0 Å². The van der Waals surface area contributed by atoms with Crippen LogP contribution in [0.15, 0.2) is 66.4 Å². The molecule has 0 aliphatic carbocycles. The number of rotatable bonds is 12. The molecule has 0 saturated carbocycles. The third-order valence-corrected chi connectivity index (χ3v) is 5.21. The normalized spacial score (nSPS) is 14.6. The van der Waals surface area contributed by atoms with Gasteiger partial charge in [0, 0.05) is 5.92 Å². The number of hydrogen-bond donors (Lipinski definition) is 1. The van der Waals surface area contributed by atoms with E-state index < -0.39 is 12.1 Å². The highest BCUT2D eigenvalue weighted by Crippen LogP contribution is 2.25. The van der Waals surface area contributed by atoms with Crippen LogP contribution < -0.4 is 0 Å². The lowest BCUT2D eigenvalue weighted by atomic mass is 9.88. The van der Waals surface area contributed by atoms with Gasteiger partial charge >= 0.3 is 5.97 Å². The molecule has 0 aliphatic rings. The van der Waals surface area contributed by atoms with Crippen LogP contribution in [0.5, 0.6) is 0 Å². The highest BCUT2D eigenvalue weighted by molar-refractivity contribution is 5.91. The van der Waals surface area contributed by atoms with Crippen LogP contribution in [0.1, 0.15) is 57.6 Å². The summed E-state index contributed by atoms with van der Waals surface area (Å²) in [5, 5.41) is 10.5. The van der Waals surface area contributed by atoms with Crippen LogP contribution in [0, 0.1) is 5.92 Å². The first-order valence-corrected chi connectivity index (χ1v) is 10.9. The Kier molecular flexibility index (Phi) is 10.2. The van der Waals surface area contributed by atoms with Crippen molar-refractivity contribution in [2.24, 2.45) is 5.92 Å². The maximum absolute atomic E-state index is 13.1. The van der Waals surface area contributed by atoms with Crippen LogP contribution in [-0.2, 0) is 20.9 Å². The van der Waals surface area contributed by atoms with Crippen LogP contribution in [0.25, 0.3) is 6.08 Å². The summed E-state index contributed by atoms with van der Waals surface area (Å²) in [6.07, 6.45) is 3.88. The molecule has 0 spiro atoms. The molecule has 0 fully saturated rings. The molecule has 4 nitrogen and oxygen atoms in total. The highest BCUT2D eigenvalue weighted by atomic mass is 16.6. The Hall–Kier alpha value is -2.59. The van der Waals surface area contributed by atoms with Gasteiger partial charge in [0.2, 0.25) is 5.76 Å². The highest BCUT2D eigenvalue weighted by Gasteiger charge is 2.30. The second kappa shape index (κ2) is 12.9. The Labute approximate surface area is 180 Å². The summed E-state index contributed by atoms with van der Waals surface area (Å²) in [6.45, 7) is 6.29. The molecule has 0 saturated heterocycles. The van der Waals surface area contributed by atoms with E-state index in [1.165, 1.54) is 0 Å². The molecule has 2 aromatic rings. The molecule has 0 bridgehead atoms. The second-order valence-electron chi connectivity index (χ2n) is 7.47. The first-order valence-electron chi connectivity index (χ1n) is 10.9. The van der Waals surface area contributed by atoms with Crippen LogP contribution in [0.4, 0.5) is 0 Å². The predicted octanol–water partition coefficient (Wildman–Crippen LogP) is 5.75. The molecule has 30 heavy (non-hydrogen) atoms. The summed E-state index contributed by atoms with van der Waals surface area (Å²) in [4.78, 5) is 13.1. The van der Waals surface area contributed by atoms with Crippen molar-refractivity contribution in [3.63, 3.8) is 0 Å². The zero-order valence-electron chi connectivity index (χ0n) is 18.3. The molecule has 4 heteroatoms. The Morgan fingerprint density at radius 3 is 2.17 bits per heavy atom. The fraction of sp³-hybridized carbons (Fsp3) is 0.423. The van der Waals surface area contributed by atoms with Crippen LogP contribution in [-0.4, -0.2) is 23.3 Å². The van der Waals surface area contributed by atoms with Gasteiger partial charge in [-0.05, 0) is 36.5 Å². The topological polar surface area (TPSA) is 55.8 Å².